The maximum Gasteiger partial charge on any atom is 0.317 e. The van der Waals surface area contributed by atoms with Crippen molar-refractivity contribution < 1.29 is 9.59 Å². The number of amides is 3. The van der Waals surface area contributed by atoms with Crippen LogP contribution in [0.4, 0.5) is 4.79 Å². The summed E-state index contributed by atoms with van der Waals surface area (Å²) in [7, 11) is 0. The molecule has 0 bridgehead atoms. The molecule has 24 heavy (non-hydrogen) atoms. The molecule has 2 aliphatic heterocycles. The number of likely N-dealkylation sites (tertiary alicyclic amines) is 2. The Bertz CT molecular complexity index is 593. The molecule has 3 rings (SSSR count). The minimum absolute atomic E-state index is 0.0696. The lowest BCUT2D eigenvalue weighted by Crippen LogP contribution is -2.50. The van der Waals surface area contributed by atoms with E-state index < -0.39 is 0 Å². The van der Waals surface area contributed by atoms with E-state index in [0.717, 1.165) is 25.2 Å². The second-order valence-corrected chi connectivity index (χ2v) is 7.79. The molecule has 2 aliphatic rings. The Morgan fingerprint density at radius 2 is 2.17 bits per heavy atom. The van der Waals surface area contributed by atoms with Crippen molar-refractivity contribution in [3.05, 3.63) is 18.2 Å². The van der Waals surface area contributed by atoms with Crippen LogP contribution in [-0.4, -0.2) is 62.9 Å². The number of nitrogens with one attached hydrogen (secondary N) is 2. The standard InChI is InChI=1S/C17H27N5O2/c1-17(2,3)22-11-13(9-14(22)23)20-16(24)21-8-4-5-12(10-21)15-18-6-7-19-15/h6-7,12-13H,4-5,8-11H2,1-3H3,(H,18,19)(H,20,24)/t12-,13-/m0/s1. The molecule has 2 saturated heterocycles. The maximum absolute atomic E-state index is 12.6. The van der Waals surface area contributed by atoms with E-state index in [9.17, 15) is 9.59 Å². The van der Waals surface area contributed by atoms with Gasteiger partial charge in [0.15, 0.2) is 0 Å². The number of nitrogens with zero attached hydrogens (tertiary/aromatic N) is 3. The van der Waals surface area contributed by atoms with Gasteiger partial charge in [-0.05, 0) is 33.6 Å². The first kappa shape index (κ1) is 16.8. The van der Waals surface area contributed by atoms with Crippen molar-refractivity contribution in [3.8, 4) is 0 Å². The molecule has 0 aromatic carbocycles. The van der Waals surface area contributed by atoms with Crippen molar-refractivity contribution in [2.45, 2.75) is 57.5 Å². The normalized spacial score (nSPS) is 25.2. The predicted molar refractivity (Wildman–Crippen MR) is 90.5 cm³/mol. The van der Waals surface area contributed by atoms with Gasteiger partial charge in [0.25, 0.3) is 0 Å². The molecule has 132 valence electrons. The zero-order valence-electron chi connectivity index (χ0n) is 14.7. The van der Waals surface area contributed by atoms with Crippen LogP contribution in [0.2, 0.25) is 0 Å². The first-order chi connectivity index (χ1) is 11.3. The van der Waals surface area contributed by atoms with Crippen molar-refractivity contribution in [2.24, 2.45) is 0 Å². The van der Waals surface area contributed by atoms with Gasteiger partial charge in [-0.1, -0.05) is 0 Å². The van der Waals surface area contributed by atoms with E-state index in [1.165, 1.54) is 0 Å². The Kier molecular flexibility index (Phi) is 4.51. The topological polar surface area (TPSA) is 81.3 Å². The molecular weight excluding hydrogens is 306 g/mol. The highest BCUT2D eigenvalue weighted by molar-refractivity contribution is 5.82. The lowest BCUT2D eigenvalue weighted by atomic mass is 9.97. The van der Waals surface area contributed by atoms with Crippen molar-refractivity contribution in [1.82, 2.24) is 25.1 Å². The number of hydrogen-bond donors (Lipinski definition) is 2. The number of carbonyl (C=O) groups is 2. The zero-order chi connectivity index (χ0) is 17.3. The Morgan fingerprint density at radius 1 is 1.38 bits per heavy atom. The van der Waals surface area contributed by atoms with Crippen molar-refractivity contribution >= 4 is 11.9 Å². The summed E-state index contributed by atoms with van der Waals surface area (Å²) in [5, 5.41) is 3.04. The summed E-state index contributed by atoms with van der Waals surface area (Å²) in [6, 6.07) is -0.173. The summed E-state index contributed by atoms with van der Waals surface area (Å²) in [4.78, 5) is 35.9. The zero-order valence-corrected chi connectivity index (χ0v) is 14.7. The molecule has 3 heterocycles. The average molecular weight is 333 g/mol. The Balaban J connectivity index is 1.56. The largest absolute Gasteiger partial charge is 0.348 e. The molecule has 2 fully saturated rings. The molecule has 0 radical (unpaired) electrons. The van der Waals surface area contributed by atoms with Gasteiger partial charge < -0.3 is 20.1 Å². The quantitative estimate of drug-likeness (QED) is 0.864. The molecular formula is C17H27N5O2. The third kappa shape index (κ3) is 3.55. The molecule has 7 nitrogen and oxygen atoms in total. The molecule has 0 saturated carbocycles. The lowest BCUT2D eigenvalue weighted by molar-refractivity contribution is -0.131. The predicted octanol–water partition coefficient (Wildman–Crippen LogP) is 1.70. The fourth-order valence-electron chi connectivity index (χ4n) is 3.60. The van der Waals surface area contributed by atoms with Crippen LogP contribution >= 0.6 is 0 Å². The molecule has 3 amide bonds. The van der Waals surface area contributed by atoms with Crippen LogP contribution in [0.3, 0.4) is 0 Å². The van der Waals surface area contributed by atoms with Gasteiger partial charge in [0.1, 0.15) is 5.82 Å². The summed E-state index contributed by atoms with van der Waals surface area (Å²) in [6.07, 6.45) is 5.96. The number of urea groups is 1. The molecule has 1 aromatic rings. The van der Waals surface area contributed by atoms with Crippen LogP contribution in [0.25, 0.3) is 0 Å². The van der Waals surface area contributed by atoms with Crippen molar-refractivity contribution in [2.75, 3.05) is 19.6 Å². The summed E-state index contributed by atoms with van der Waals surface area (Å²) in [5.41, 5.74) is -0.202. The Hall–Kier alpha value is -2.05. The van der Waals surface area contributed by atoms with E-state index >= 15 is 0 Å². The molecule has 1 aromatic heterocycles. The highest BCUT2D eigenvalue weighted by Crippen LogP contribution is 2.25. The van der Waals surface area contributed by atoms with E-state index in [0.29, 0.717) is 19.5 Å². The van der Waals surface area contributed by atoms with Gasteiger partial charge in [-0.15, -0.1) is 0 Å². The van der Waals surface area contributed by atoms with Gasteiger partial charge in [0, 0.05) is 49.9 Å². The van der Waals surface area contributed by atoms with Crippen LogP contribution in [0, 0.1) is 0 Å². The smallest absolute Gasteiger partial charge is 0.317 e. The van der Waals surface area contributed by atoms with E-state index in [1.54, 1.807) is 6.20 Å². The highest BCUT2D eigenvalue weighted by Gasteiger charge is 2.37. The summed E-state index contributed by atoms with van der Waals surface area (Å²) in [6.45, 7) is 8.08. The minimum Gasteiger partial charge on any atom is -0.348 e. The van der Waals surface area contributed by atoms with Gasteiger partial charge in [-0.3, -0.25) is 4.79 Å². The Labute approximate surface area is 142 Å². The SMILES string of the molecule is CC(C)(C)N1C[C@@H](NC(=O)N2CCC[C@H](c3ncc[nH]3)C2)CC1=O. The first-order valence-electron chi connectivity index (χ1n) is 8.70. The third-order valence-corrected chi connectivity index (χ3v) is 4.88. The maximum atomic E-state index is 12.6. The van der Waals surface area contributed by atoms with E-state index in [1.807, 2.05) is 36.8 Å². The second-order valence-electron chi connectivity index (χ2n) is 7.79. The number of piperidine rings is 1. The highest BCUT2D eigenvalue weighted by atomic mass is 16.2. The second kappa shape index (κ2) is 6.45. The summed E-state index contributed by atoms with van der Waals surface area (Å²) >= 11 is 0. The monoisotopic (exact) mass is 333 g/mol. The molecule has 2 N–H and O–H groups in total. The number of carbonyl (C=O) groups excluding carboxylic acids is 2. The van der Waals surface area contributed by atoms with Crippen LogP contribution in [0.15, 0.2) is 12.4 Å². The molecule has 0 aliphatic carbocycles. The molecule has 0 unspecified atom stereocenters. The van der Waals surface area contributed by atoms with E-state index in [-0.39, 0.29) is 29.4 Å². The fraction of sp³-hybridized carbons (Fsp3) is 0.706. The first-order valence-corrected chi connectivity index (χ1v) is 8.70. The fourth-order valence-corrected chi connectivity index (χ4v) is 3.60. The van der Waals surface area contributed by atoms with E-state index in [4.69, 9.17) is 0 Å². The van der Waals surface area contributed by atoms with Crippen molar-refractivity contribution in [3.63, 3.8) is 0 Å². The third-order valence-electron chi connectivity index (χ3n) is 4.88. The average Bonchev–Trinajstić information content (AvgIpc) is 3.16. The van der Waals surface area contributed by atoms with Crippen LogP contribution in [0.1, 0.15) is 51.8 Å². The lowest BCUT2D eigenvalue weighted by Gasteiger charge is -2.34. The van der Waals surface area contributed by atoms with Gasteiger partial charge in [0.05, 0.1) is 6.04 Å². The number of imidazole rings is 1. The number of aromatic amines is 1. The van der Waals surface area contributed by atoms with Crippen LogP contribution < -0.4 is 5.32 Å². The van der Waals surface area contributed by atoms with Crippen LogP contribution in [0.5, 0.6) is 0 Å². The van der Waals surface area contributed by atoms with Gasteiger partial charge in [-0.25, -0.2) is 9.78 Å². The van der Waals surface area contributed by atoms with Gasteiger partial charge in [-0.2, -0.15) is 0 Å². The van der Waals surface area contributed by atoms with Gasteiger partial charge in [0.2, 0.25) is 5.91 Å². The Morgan fingerprint density at radius 3 is 2.79 bits per heavy atom. The van der Waals surface area contributed by atoms with Crippen LogP contribution in [-0.2, 0) is 4.79 Å². The number of hydrogen-bond acceptors (Lipinski definition) is 3. The molecule has 2 atom stereocenters. The number of H-pyrrole nitrogens is 1. The van der Waals surface area contributed by atoms with E-state index in [2.05, 4.69) is 15.3 Å². The summed E-state index contributed by atoms with van der Waals surface area (Å²) in [5.74, 6) is 1.32. The van der Waals surface area contributed by atoms with Crippen molar-refractivity contribution in [1.29, 1.82) is 0 Å². The number of aromatic nitrogens is 2. The minimum atomic E-state index is -0.202. The number of rotatable bonds is 2. The summed E-state index contributed by atoms with van der Waals surface area (Å²) < 4.78 is 0. The molecule has 7 heteroatoms. The molecule has 0 spiro atoms. The van der Waals surface area contributed by atoms with Gasteiger partial charge >= 0.3 is 6.03 Å².